The predicted molar refractivity (Wildman–Crippen MR) is 96.6 cm³/mol. The lowest BCUT2D eigenvalue weighted by Crippen LogP contribution is -2.46. The standard InChI is InChI=1S/C18H25N5O2/c1-21-6-8-22(9-7-21)16(19)11-17(20)23-5-4-13-2-3-14(18(24)25)10-15(13)12-23/h2-3,10-11,20H,4-9,12,19H2,1H3,(H,24,25). The van der Waals surface area contributed by atoms with E-state index in [0.717, 1.165) is 50.3 Å². The van der Waals surface area contributed by atoms with Crippen molar-refractivity contribution in [3.63, 3.8) is 0 Å². The minimum atomic E-state index is -0.922. The van der Waals surface area contributed by atoms with E-state index in [1.54, 1.807) is 18.2 Å². The molecule has 0 bridgehead atoms. The second-order valence-electron chi connectivity index (χ2n) is 6.70. The number of likely N-dealkylation sites (N-methyl/N-ethyl adjacent to an activating group) is 1. The number of hydrogen-bond acceptors (Lipinski definition) is 5. The summed E-state index contributed by atoms with van der Waals surface area (Å²) in [5, 5.41) is 17.5. The number of amidine groups is 1. The van der Waals surface area contributed by atoms with Crippen LogP contribution in [0.25, 0.3) is 0 Å². The summed E-state index contributed by atoms with van der Waals surface area (Å²) in [7, 11) is 2.09. The molecule has 4 N–H and O–H groups in total. The number of carboxylic acids is 1. The van der Waals surface area contributed by atoms with E-state index >= 15 is 0 Å². The molecule has 7 nitrogen and oxygen atoms in total. The third-order valence-electron chi connectivity index (χ3n) is 4.96. The molecule has 0 amide bonds. The number of nitrogens with zero attached hydrogens (tertiary/aromatic N) is 3. The molecule has 0 aromatic heterocycles. The Kier molecular flexibility index (Phi) is 4.94. The van der Waals surface area contributed by atoms with Gasteiger partial charge in [-0.05, 0) is 36.7 Å². The molecule has 0 spiro atoms. The first-order chi connectivity index (χ1) is 11.9. The van der Waals surface area contributed by atoms with Gasteiger partial charge >= 0.3 is 5.97 Å². The van der Waals surface area contributed by atoms with Crippen LogP contribution in [-0.4, -0.2) is 71.4 Å². The van der Waals surface area contributed by atoms with Gasteiger partial charge in [-0.2, -0.15) is 0 Å². The lowest BCUT2D eigenvalue weighted by atomic mass is 9.97. The van der Waals surface area contributed by atoms with Crippen molar-refractivity contribution in [1.82, 2.24) is 14.7 Å². The maximum Gasteiger partial charge on any atom is 0.335 e. The zero-order valence-electron chi connectivity index (χ0n) is 14.5. The number of benzene rings is 1. The summed E-state index contributed by atoms with van der Waals surface area (Å²) < 4.78 is 0. The fraction of sp³-hybridized carbons (Fsp3) is 0.444. The van der Waals surface area contributed by atoms with Gasteiger partial charge in [0.1, 0.15) is 11.7 Å². The highest BCUT2D eigenvalue weighted by molar-refractivity contribution is 5.91. The number of nitrogens with one attached hydrogen (secondary N) is 1. The molecule has 0 radical (unpaired) electrons. The molecular weight excluding hydrogens is 318 g/mol. The number of carbonyl (C=O) groups is 1. The van der Waals surface area contributed by atoms with Crippen molar-refractivity contribution in [3.8, 4) is 0 Å². The minimum absolute atomic E-state index is 0.291. The fourth-order valence-corrected chi connectivity index (χ4v) is 3.28. The first-order valence-corrected chi connectivity index (χ1v) is 8.53. The van der Waals surface area contributed by atoms with E-state index in [1.165, 1.54) is 0 Å². The molecule has 0 saturated carbocycles. The Morgan fingerprint density at radius 3 is 2.56 bits per heavy atom. The third-order valence-corrected chi connectivity index (χ3v) is 4.96. The van der Waals surface area contributed by atoms with Gasteiger partial charge in [0.15, 0.2) is 0 Å². The highest BCUT2D eigenvalue weighted by Gasteiger charge is 2.20. The largest absolute Gasteiger partial charge is 0.478 e. The van der Waals surface area contributed by atoms with E-state index in [2.05, 4.69) is 16.8 Å². The Morgan fingerprint density at radius 1 is 1.16 bits per heavy atom. The Bertz CT molecular complexity index is 707. The van der Waals surface area contributed by atoms with Gasteiger partial charge in [-0.25, -0.2) is 4.79 Å². The topological polar surface area (TPSA) is 96.9 Å². The van der Waals surface area contributed by atoms with Crippen LogP contribution in [0, 0.1) is 5.41 Å². The van der Waals surface area contributed by atoms with Crippen LogP contribution < -0.4 is 5.73 Å². The Labute approximate surface area is 147 Å². The van der Waals surface area contributed by atoms with Gasteiger partial charge in [-0.1, -0.05) is 6.07 Å². The zero-order valence-corrected chi connectivity index (χ0v) is 14.5. The van der Waals surface area contributed by atoms with Crippen LogP contribution in [0.15, 0.2) is 30.1 Å². The maximum atomic E-state index is 11.2. The molecule has 1 aromatic carbocycles. The molecule has 0 aliphatic carbocycles. The first-order valence-electron chi connectivity index (χ1n) is 8.53. The molecule has 1 fully saturated rings. The first kappa shape index (κ1) is 17.3. The third kappa shape index (κ3) is 3.93. The predicted octanol–water partition coefficient (Wildman–Crippen LogP) is 0.768. The fourth-order valence-electron chi connectivity index (χ4n) is 3.28. The van der Waals surface area contributed by atoms with Crippen LogP contribution in [0.1, 0.15) is 21.5 Å². The molecule has 3 rings (SSSR count). The number of aromatic carboxylic acids is 1. The smallest absolute Gasteiger partial charge is 0.335 e. The number of fused-ring (bicyclic) bond motifs is 1. The summed E-state index contributed by atoms with van der Waals surface area (Å²) in [4.78, 5) is 17.5. The maximum absolute atomic E-state index is 11.2. The van der Waals surface area contributed by atoms with E-state index in [4.69, 9.17) is 16.2 Å². The number of hydrogen-bond donors (Lipinski definition) is 3. The summed E-state index contributed by atoms with van der Waals surface area (Å²) in [6.07, 6.45) is 2.53. The molecule has 0 unspecified atom stereocenters. The number of carboxylic acid groups (broad SMARTS) is 1. The van der Waals surface area contributed by atoms with Gasteiger partial charge in [-0.15, -0.1) is 0 Å². The van der Waals surface area contributed by atoms with Crippen molar-refractivity contribution in [2.45, 2.75) is 13.0 Å². The molecule has 0 atom stereocenters. The molecule has 1 saturated heterocycles. The molecule has 2 aliphatic rings. The Hall–Kier alpha value is -2.54. The highest BCUT2D eigenvalue weighted by atomic mass is 16.4. The van der Waals surface area contributed by atoms with E-state index in [-0.39, 0.29) is 0 Å². The molecule has 1 aromatic rings. The number of piperazine rings is 1. The summed E-state index contributed by atoms with van der Waals surface area (Å²) in [5.41, 5.74) is 8.61. The van der Waals surface area contributed by atoms with Crippen molar-refractivity contribution >= 4 is 11.8 Å². The van der Waals surface area contributed by atoms with E-state index in [9.17, 15) is 4.79 Å². The minimum Gasteiger partial charge on any atom is -0.478 e. The molecule has 2 aliphatic heterocycles. The average molecular weight is 343 g/mol. The monoisotopic (exact) mass is 343 g/mol. The van der Waals surface area contributed by atoms with Gasteiger partial charge in [-0.3, -0.25) is 5.41 Å². The zero-order chi connectivity index (χ0) is 18.0. The van der Waals surface area contributed by atoms with Crippen LogP contribution >= 0.6 is 0 Å². The molecule has 7 heteroatoms. The Morgan fingerprint density at radius 2 is 1.88 bits per heavy atom. The van der Waals surface area contributed by atoms with Crippen LogP contribution in [0.5, 0.6) is 0 Å². The molecule has 134 valence electrons. The SMILES string of the molecule is CN1CCN(C(N)=CC(=N)N2CCc3ccc(C(=O)O)cc3C2)CC1. The highest BCUT2D eigenvalue weighted by Crippen LogP contribution is 2.21. The quantitative estimate of drug-likeness (QED) is 0.554. The van der Waals surface area contributed by atoms with Crippen molar-refractivity contribution < 1.29 is 9.90 Å². The van der Waals surface area contributed by atoms with Gasteiger partial charge in [0.25, 0.3) is 0 Å². The Balaban J connectivity index is 1.68. The lowest BCUT2D eigenvalue weighted by molar-refractivity contribution is 0.0696. The average Bonchev–Trinajstić information content (AvgIpc) is 2.61. The van der Waals surface area contributed by atoms with Crippen LogP contribution in [0.2, 0.25) is 0 Å². The lowest BCUT2D eigenvalue weighted by Gasteiger charge is -2.35. The molecule has 2 heterocycles. The van der Waals surface area contributed by atoms with Gasteiger partial charge in [0.2, 0.25) is 0 Å². The number of rotatable bonds is 3. The normalized spacial score (nSPS) is 18.8. The van der Waals surface area contributed by atoms with Gasteiger partial charge in [0, 0.05) is 45.3 Å². The van der Waals surface area contributed by atoms with E-state index < -0.39 is 5.97 Å². The summed E-state index contributed by atoms with van der Waals surface area (Å²) in [6.45, 7) is 4.97. The second kappa shape index (κ2) is 7.14. The second-order valence-corrected chi connectivity index (χ2v) is 6.70. The van der Waals surface area contributed by atoms with Crippen molar-refractivity contribution in [2.75, 3.05) is 39.8 Å². The van der Waals surface area contributed by atoms with Crippen LogP contribution in [-0.2, 0) is 13.0 Å². The number of nitrogens with two attached hydrogens (primary N) is 1. The summed E-state index contributed by atoms with van der Waals surface area (Å²) in [5.74, 6) is 0.0835. The molecular formula is C18H25N5O2. The van der Waals surface area contributed by atoms with Crippen LogP contribution in [0.3, 0.4) is 0 Å². The molecule has 25 heavy (non-hydrogen) atoms. The summed E-state index contributed by atoms with van der Waals surface area (Å²) >= 11 is 0. The van der Waals surface area contributed by atoms with Gasteiger partial charge < -0.3 is 25.5 Å². The summed E-state index contributed by atoms with van der Waals surface area (Å²) in [6, 6.07) is 5.24. The van der Waals surface area contributed by atoms with Crippen molar-refractivity contribution in [1.29, 1.82) is 5.41 Å². The van der Waals surface area contributed by atoms with Crippen molar-refractivity contribution in [2.24, 2.45) is 5.73 Å². The van der Waals surface area contributed by atoms with E-state index in [0.29, 0.717) is 23.8 Å². The van der Waals surface area contributed by atoms with Gasteiger partial charge in [0.05, 0.1) is 5.56 Å². The van der Waals surface area contributed by atoms with Crippen LogP contribution in [0.4, 0.5) is 0 Å². The van der Waals surface area contributed by atoms with E-state index in [1.807, 2.05) is 11.0 Å². The van der Waals surface area contributed by atoms with Crippen molar-refractivity contribution in [3.05, 3.63) is 46.8 Å².